The van der Waals surface area contributed by atoms with Crippen molar-refractivity contribution in [2.24, 2.45) is 0 Å². The Morgan fingerprint density at radius 3 is 2.57 bits per heavy atom. The van der Waals surface area contributed by atoms with E-state index < -0.39 is 17.7 Å². The van der Waals surface area contributed by atoms with E-state index in [1.54, 1.807) is 22.9 Å². The number of anilines is 1. The van der Waals surface area contributed by atoms with E-state index in [1.807, 2.05) is 13.8 Å². The molecule has 1 heterocycles. The highest BCUT2D eigenvalue weighted by Crippen LogP contribution is 2.21. The Morgan fingerprint density at radius 2 is 1.95 bits per heavy atom. The lowest BCUT2D eigenvalue weighted by Gasteiger charge is -2.14. The van der Waals surface area contributed by atoms with Crippen LogP contribution >= 0.6 is 0 Å². The van der Waals surface area contributed by atoms with Crippen molar-refractivity contribution in [3.63, 3.8) is 0 Å². The number of hydrogen-bond donors (Lipinski definition) is 2. The summed E-state index contributed by atoms with van der Waals surface area (Å²) in [6, 6.07) is 6.97. The Labute approximate surface area is 121 Å². The molecule has 6 heteroatoms. The van der Waals surface area contributed by atoms with Crippen LogP contribution in [0.4, 0.5) is 10.1 Å². The van der Waals surface area contributed by atoms with Gasteiger partial charge in [0.25, 0.3) is 5.91 Å². The molecule has 0 radical (unpaired) electrons. The Hall–Kier alpha value is -2.63. The van der Waals surface area contributed by atoms with E-state index in [2.05, 4.69) is 5.32 Å². The first kappa shape index (κ1) is 14.8. The molecule has 0 atom stereocenters. The number of amides is 1. The van der Waals surface area contributed by atoms with Crippen LogP contribution in [0.15, 0.2) is 36.5 Å². The monoisotopic (exact) mass is 290 g/mol. The molecule has 2 N–H and O–H groups in total. The smallest absolute Gasteiger partial charge is 0.337 e. The Morgan fingerprint density at radius 1 is 1.24 bits per heavy atom. The molecule has 5 nitrogen and oxygen atoms in total. The third-order valence-electron chi connectivity index (χ3n) is 3.05. The highest BCUT2D eigenvalue weighted by Gasteiger charge is 2.19. The summed E-state index contributed by atoms with van der Waals surface area (Å²) in [7, 11) is 0. The number of rotatable bonds is 4. The minimum absolute atomic E-state index is 0.0558. The first-order chi connectivity index (χ1) is 9.91. The van der Waals surface area contributed by atoms with Gasteiger partial charge in [-0.25, -0.2) is 9.18 Å². The number of carbonyl (C=O) groups is 2. The highest BCUT2D eigenvalue weighted by atomic mass is 19.1. The van der Waals surface area contributed by atoms with Gasteiger partial charge in [0, 0.05) is 12.2 Å². The van der Waals surface area contributed by atoms with Gasteiger partial charge in [0.05, 0.1) is 11.3 Å². The maximum Gasteiger partial charge on any atom is 0.337 e. The number of halogens is 1. The summed E-state index contributed by atoms with van der Waals surface area (Å²) in [6.45, 7) is 3.81. The lowest BCUT2D eigenvalue weighted by molar-refractivity contribution is 0.0697. The summed E-state index contributed by atoms with van der Waals surface area (Å²) in [5.74, 6) is -2.64. The zero-order valence-corrected chi connectivity index (χ0v) is 11.6. The molecule has 110 valence electrons. The Bertz CT molecular complexity index is 692. The number of benzene rings is 1. The van der Waals surface area contributed by atoms with Gasteiger partial charge >= 0.3 is 5.97 Å². The molecule has 21 heavy (non-hydrogen) atoms. The second-order valence-electron chi connectivity index (χ2n) is 4.82. The maximum atomic E-state index is 13.8. The van der Waals surface area contributed by atoms with Gasteiger partial charge < -0.3 is 15.0 Å². The number of carbonyl (C=O) groups excluding carboxylic acids is 1. The molecule has 0 unspecified atom stereocenters. The summed E-state index contributed by atoms with van der Waals surface area (Å²) >= 11 is 0. The molecule has 0 bridgehead atoms. The molecule has 1 aromatic carbocycles. The molecule has 0 aliphatic rings. The standard InChI is InChI=1S/C15H15FN2O3/c1-9(2)18-8-4-7-12(18)14(19)17-13-10(15(20)21)5-3-6-11(13)16/h3-9H,1-2H3,(H,17,19)(H,20,21). The first-order valence-electron chi connectivity index (χ1n) is 6.41. The van der Waals surface area contributed by atoms with Gasteiger partial charge in [-0.1, -0.05) is 6.07 Å². The van der Waals surface area contributed by atoms with E-state index in [1.165, 1.54) is 12.1 Å². The summed E-state index contributed by atoms with van der Waals surface area (Å²) in [5, 5.41) is 11.4. The van der Waals surface area contributed by atoms with Crippen molar-refractivity contribution < 1.29 is 19.1 Å². The fraction of sp³-hybridized carbons (Fsp3) is 0.200. The van der Waals surface area contributed by atoms with Crippen molar-refractivity contribution in [2.45, 2.75) is 19.9 Å². The number of nitrogens with one attached hydrogen (secondary N) is 1. The number of para-hydroxylation sites is 1. The molecule has 2 aromatic rings. The molecule has 0 saturated carbocycles. The van der Waals surface area contributed by atoms with E-state index in [0.29, 0.717) is 5.69 Å². The summed E-state index contributed by atoms with van der Waals surface area (Å²) in [6.07, 6.45) is 1.74. The zero-order valence-electron chi connectivity index (χ0n) is 11.6. The van der Waals surface area contributed by atoms with Gasteiger partial charge in [0.2, 0.25) is 0 Å². The predicted octanol–water partition coefficient (Wildman–Crippen LogP) is 3.16. The second kappa shape index (κ2) is 5.78. The van der Waals surface area contributed by atoms with Crippen LogP contribution in [0.3, 0.4) is 0 Å². The molecule has 1 aromatic heterocycles. The molecule has 1 amide bonds. The SMILES string of the molecule is CC(C)n1cccc1C(=O)Nc1c(F)cccc1C(=O)O. The second-order valence-corrected chi connectivity index (χ2v) is 4.82. The molecule has 0 saturated heterocycles. The number of carboxylic acid groups (broad SMARTS) is 1. The van der Waals surface area contributed by atoms with Crippen LogP contribution in [0, 0.1) is 5.82 Å². The minimum atomic E-state index is -1.30. The van der Waals surface area contributed by atoms with Crippen molar-refractivity contribution >= 4 is 17.6 Å². The van der Waals surface area contributed by atoms with Crippen LogP contribution < -0.4 is 5.32 Å². The molecule has 0 fully saturated rings. The number of aromatic carboxylic acids is 1. The largest absolute Gasteiger partial charge is 0.478 e. The average molecular weight is 290 g/mol. The number of aromatic nitrogens is 1. The topological polar surface area (TPSA) is 71.3 Å². The van der Waals surface area contributed by atoms with Crippen LogP contribution in [0.5, 0.6) is 0 Å². The summed E-state index contributed by atoms with van der Waals surface area (Å²) in [5.41, 5.74) is -0.276. The summed E-state index contributed by atoms with van der Waals surface area (Å²) in [4.78, 5) is 23.3. The average Bonchev–Trinajstić information content (AvgIpc) is 2.90. The van der Waals surface area contributed by atoms with Crippen molar-refractivity contribution in [3.8, 4) is 0 Å². The van der Waals surface area contributed by atoms with Gasteiger partial charge in [-0.05, 0) is 38.1 Å². The number of nitrogens with zero attached hydrogens (tertiary/aromatic N) is 1. The van der Waals surface area contributed by atoms with E-state index >= 15 is 0 Å². The molecule has 2 rings (SSSR count). The highest BCUT2D eigenvalue weighted by molar-refractivity contribution is 6.07. The summed E-state index contributed by atoms with van der Waals surface area (Å²) < 4.78 is 15.5. The lowest BCUT2D eigenvalue weighted by Crippen LogP contribution is -2.20. The van der Waals surface area contributed by atoms with Crippen LogP contribution in [0.25, 0.3) is 0 Å². The van der Waals surface area contributed by atoms with Gasteiger partial charge in [0.1, 0.15) is 11.5 Å². The fourth-order valence-electron chi connectivity index (χ4n) is 2.04. The zero-order chi connectivity index (χ0) is 15.6. The quantitative estimate of drug-likeness (QED) is 0.908. The van der Waals surface area contributed by atoms with Gasteiger partial charge in [-0.3, -0.25) is 4.79 Å². The molecule has 0 aliphatic carbocycles. The van der Waals surface area contributed by atoms with Crippen LogP contribution in [0.2, 0.25) is 0 Å². The van der Waals surface area contributed by atoms with E-state index in [0.717, 1.165) is 6.07 Å². The van der Waals surface area contributed by atoms with Crippen LogP contribution in [0.1, 0.15) is 40.7 Å². The number of hydrogen-bond acceptors (Lipinski definition) is 2. The van der Waals surface area contributed by atoms with Gasteiger partial charge in [-0.15, -0.1) is 0 Å². The fourth-order valence-corrected chi connectivity index (χ4v) is 2.04. The lowest BCUT2D eigenvalue weighted by atomic mass is 10.1. The van der Waals surface area contributed by atoms with Crippen LogP contribution in [-0.2, 0) is 0 Å². The third-order valence-corrected chi connectivity index (χ3v) is 3.05. The van der Waals surface area contributed by atoms with Crippen molar-refractivity contribution in [2.75, 3.05) is 5.32 Å². The van der Waals surface area contributed by atoms with Crippen LogP contribution in [-0.4, -0.2) is 21.6 Å². The number of carboxylic acids is 1. The molecule has 0 spiro atoms. The van der Waals surface area contributed by atoms with E-state index in [9.17, 15) is 14.0 Å². The minimum Gasteiger partial charge on any atom is -0.478 e. The molecular weight excluding hydrogens is 275 g/mol. The van der Waals surface area contributed by atoms with Crippen molar-refractivity contribution in [1.82, 2.24) is 4.57 Å². The third kappa shape index (κ3) is 2.94. The van der Waals surface area contributed by atoms with E-state index in [-0.39, 0.29) is 17.3 Å². The Balaban J connectivity index is 2.36. The normalized spacial score (nSPS) is 10.7. The predicted molar refractivity (Wildman–Crippen MR) is 76.1 cm³/mol. The molecule has 0 aliphatic heterocycles. The van der Waals surface area contributed by atoms with Gasteiger partial charge in [-0.2, -0.15) is 0 Å². The van der Waals surface area contributed by atoms with Gasteiger partial charge in [0.15, 0.2) is 0 Å². The first-order valence-corrected chi connectivity index (χ1v) is 6.41. The Kier molecular flexibility index (Phi) is 4.07. The van der Waals surface area contributed by atoms with Crippen molar-refractivity contribution in [3.05, 3.63) is 53.6 Å². The van der Waals surface area contributed by atoms with E-state index in [4.69, 9.17) is 5.11 Å². The molecular formula is C15H15FN2O3. The maximum absolute atomic E-state index is 13.8. The van der Waals surface area contributed by atoms with Crippen molar-refractivity contribution in [1.29, 1.82) is 0 Å².